The molecule has 10 heteroatoms. The minimum absolute atomic E-state index is 0.0402. The van der Waals surface area contributed by atoms with Crippen molar-refractivity contribution < 1.29 is 27.5 Å². The van der Waals surface area contributed by atoms with Gasteiger partial charge in [0.05, 0.1) is 21.2 Å². The molecule has 3 aromatic carbocycles. The van der Waals surface area contributed by atoms with Crippen molar-refractivity contribution in [2.24, 2.45) is 0 Å². The van der Waals surface area contributed by atoms with Crippen LogP contribution < -0.4 is 15.4 Å². The van der Waals surface area contributed by atoms with Crippen LogP contribution in [0.2, 0.25) is 10.0 Å². The maximum atomic E-state index is 12.7. The van der Waals surface area contributed by atoms with Crippen molar-refractivity contribution in [3.05, 3.63) is 87.9 Å². The number of carbonyl (C=O) groups is 2. The molecule has 0 heterocycles. The van der Waals surface area contributed by atoms with Crippen LogP contribution in [0.3, 0.4) is 0 Å². The van der Waals surface area contributed by atoms with Gasteiger partial charge in [0.25, 0.3) is 5.91 Å². The van der Waals surface area contributed by atoms with Gasteiger partial charge < -0.3 is 10.1 Å². The molecule has 0 bridgehead atoms. The lowest BCUT2D eigenvalue weighted by molar-refractivity contribution is -0.137. The van der Waals surface area contributed by atoms with Crippen LogP contribution in [-0.4, -0.2) is 11.9 Å². The van der Waals surface area contributed by atoms with Gasteiger partial charge in [-0.05, 0) is 54.6 Å². The summed E-state index contributed by atoms with van der Waals surface area (Å²) < 4.78 is 43.6. The maximum Gasteiger partial charge on any atom is 0.416 e. The Hall–Kier alpha value is -3.23. The summed E-state index contributed by atoms with van der Waals surface area (Å²) in [5, 5.41) is 4.62. The van der Waals surface area contributed by atoms with E-state index in [-0.39, 0.29) is 27.1 Å². The van der Waals surface area contributed by atoms with Crippen molar-refractivity contribution in [2.75, 3.05) is 5.32 Å². The number of alkyl halides is 3. The van der Waals surface area contributed by atoms with Crippen LogP contribution >= 0.6 is 23.2 Å². The van der Waals surface area contributed by atoms with Crippen molar-refractivity contribution in [3.8, 4) is 11.5 Å². The number of hydrogen-bond acceptors (Lipinski definition) is 3. The van der Waals surface area contributed by atoms with Gasteiger partial charge in [0, 0.05) is 5.69 Å². The van der Waals surface area contributed by atoms with Crippen LogP contribution in [0.5, 0.6) is 11.5 Å². The molecule has 0 unspecified atom stereocenters. The van der Waals surface area contributed by atoms with Crippen LogP contribution in [0.15, 0.2) is 66.7 Å². The highest BCUT2D eigenvalue weighted by atomic mass is 35.5. The molecule has 3 rings (SSSR count). The zero-order valence-corrected chi connectivity index (χ0v) is 17.0. The summed E-state index contributed by atoms with van der Waals surface area (Å²) in [6, 6.07) is 14.1. The first kappa shape index (κ1) is 22.5. The van der Waals surface area contributed by atoms with Crippen molar-refractivity contribution in [3.63, 3.8) is 0 Å². The van der Waals surface area contributed by atoms with Gasteiger partial charge in [-0.1, -0.05) is 35.3 Å². The summed E-state index contributed by atoms with van der Waals surface area (Å²) in [7, 11) is 0. The zero-order valence-electron chi connectivity index (χ0n) is 15.5. The molecule has 0 aliphatic heterocycles. The number of rotatable bonds is 4. The molecule has 0 radical (unpaired) electrons. The number of imide groups is 1. The fourth-order valence-corrected chi connectivity index (χ4v) is 2.91. The number of carbonyl (C=O) groups excluding carboxylic acids is 2. The Balaban J connectivity index is 1.61. The number of nitrogens with one attached hydrogen (secondary N) is 2. The van der Waals surface area contributed by atoms with Gasteiger partial charge in [0.15, 0.2) is 0 Å². The largest absolute Gasteiger partial charge is 0.456 e. The predicted octanol–water partition coefficient (Wildman–Crippen LogP) is 6.77. The Morgan fingerprint density at radius 3 is 2.16 bits per heavy atom. The van der Waals surface area contributed by atoms with Gasteiger partial charge in [-0.25, -0.2) is 4.79 Å². The topological polar surface area (TPSA) is 67.4 Å². The minimum Gasteiger partial charge on any atom is -0.456 e. The second-order valence-electron chi connectivity index (χ2n) is 6.16. The number of halogens is 5. The minimum atomic E-state index is -4.51. The van der Waals surface area contributed by atoms with Crippen LogP contribution in [0, 0.1) is 0 Å². The van der Waals surface area contributed by atoms with E-state index in [9.17, 15) is 22.8 Å². The smallest absolute Gasteiger partial charge is 0.416 e. The molecule has 0 aliphatic rings. The molecule has 0 saturated carbocycles. The molecule has 0 saturated heterocycles. The summed E-state index contributed by atoms with van der Waals surface area (Å²) in [5.74, 6) is -0.349. The molecule has 0 aliphatic carbocycles. The van der Waals surface area contributed by atoms with E-state index in [0.717, 1.165) is 18.2 Å². The highest BCUT2D eigenvalue weighted by Crippen LogP contribution is 2.36. The van der Waals surface area contributed by atoms with Crippen LogP contribution in [-0.2, 0) is 6.18 Å². The lowest BCUT2D eigenvalue weighted by Crippen LogP contribution is -2.34. The standard InChI is InChI=1S/C21H13Cl2F3N2O3/c22-16-4-2-1-3-15(16)19(29)28-20(30)27-13-6-8-14(9-7-13)31-18-10-5-12(11-17(18)23)21(24,25)26/h1-11H,(H2,27,28,29,30). The van der Waals surface area contributed by atoms with Gasteiger partial charge >= 0.3 is 12.2 Å². The third-order valence-corrected chi connectivity index (χ3v) is 4.57. The monoisotopic (exact) mass is 468 g/mol. The lowest BCUT2D eigenvalue weighted by Gasteiger charge is -2.12. The van der Waals surface area contributed by atoms with Crippen LogP contribution in [0.4, 0.5) is 23.7 Å². The van der Waals surface area contributed by atoms with E-state index in [1.165, 1.54) is 36.4 Å². The number of anilines is 1. The molecular formula is C21H13Cl2F3N2O3. The van der Waals surface area contributed by atoms with Crippen LogP contribution in [0.1, 0.15) is 15.9 Å². The molecular weight excluding hydrogens is 456 g/mol. The van der Waals surface area contributed by atoms with Gasteiger partial charge in [-0.2, -0.15) is 13.2 Å². The lowest BCUT2D eigenvalue weighted by atomic mass is 10.2. The molecule has 5 nitrogen and oxygen atoms in total. The average Bonchev–Trinajstić information content (AvgIpc) is 2.70. The summed E-state index contributed by atoms with van der Waals surface area (Å²) >= 11 is 11.8. The normalized spacial score (nSPS) is 11.0. The zero-order chi connectivity index (χ0) is 22.6. The van der Waals surface area contributed by atoms with E-state index < -0.39 is 23.7 Å². The number of ether oxygens (including phenoxy) is 1. The number of benzene rings is 3. The fourth-order valence-electron chi connectivity index (χ4n) is 2.47. The molecule has 3 amide bonds. The first-order chi connectivity index (χ1) is 14.6. The SMILES string of the molecule is O=C(NC(=O)c1ccccc1Cl)Nc1ccc(Oc2ccc(C(F)(F)F)cc2Cl)cc1. The number of urea groups is 1. The molecule has 160 valence electrons. The third kappa shape index (κ3) is 5.90. The quantitative estimate of drug-likeness (QED) is 0.444. The highest BCUT2D eigenvalue weighted by molar-refractivity contribution is 6.34. The van der Waals surface area contributed by atoms with E-state index in [1.807, 2.05) is 0 Å². The number of hydrogen-bond donors (Lipinski definition) is 2. The van der Waals surface area contributed by atoms with Crippen molar-refractivity contribution in [2.45, 2.75) is 6.18 Å². The number of amides is 3. The molecule has 0 fully saturated rings. The Bertz CT molecular complexity index is 1120. The summed E-state index contributed by atoms with van der Waals surface area (Å²) in [4.78, 5) is 24.1. The van der Waals surface area contributed by atoms with E-state index in [0.29, 0.717) is 5.69 Å². The first-order valence-corrected chi connectivity index (χ1v) is 9.40. The molecule has 31 heavy (non-hydrogen) atoms. The summed E-state index contributed by atoms with van der Waals surface area (Å²) in [6.45, 7) is 0. The predicted molar refractivity (Wildman–Crippen MR) is 111 cm³/mol. The Morgan fingerprint density at radius 1 is 0.871 bits per heavy atom. The van der Waals surface area contributed by atoms with Crippen LogP contribution in [0.25, 0.3) is 0 Å². The van der Waals surface area contributed by atoms with Crippen molar-refractivity contribution in [1.29, 1.82) is 0 Å². The molecule has 0 atom stereocenters. The van der Waals surface area contributed by atoms with E-state index >= 15 is 0 Å². The molecule has 2 N–H and O–H groups in total. The Kier molecular flexibility index (Phi) is 6.72. The molecule has 0 spiro atoms. The fraction of sp³-hybridized carbons (Fsp3) is 0.0476. The van der Waals surface area contributed by atoms with Gasteiger partial charge in [-0.3, -0.25) is 10.1 Å². The second-order valence-corrected chi connectivity index (χ2v) is 6.97. The third-order valence-electron chi connectivity index (χ3n) is 3.94. The summed E-state index contributed by atoms with van der Waals surface area (Å²) in [5.41, 5.74) is -0.395. The first-order valence-electron chi connectivity index (χ1n) is 8.65. The van der Waals surface area contributed by atoms with Gasteiger partial charge in [0.1, 0.15) is 11.5 Å². The van der Waals surface area contributed by atoms with Crippen molar-refractivity contribution in [1.82, 2.24) is 5.32 Å². The van der Waals surface area contributed by atoms with Gasteiger partial charge in [-0.15, -0.1) is 0 Å². The van der Waals surface area contributed by atoms with E-state index in [1.54, 1.807) is 12.1 Å². The molecule has 3 aromatic rings. The van der Waals surface area contributed by atoms with Gasteiger partial charge in [0.2, 0.25) is 0 Å². The second kappa shape index (κ2) is 9.28. The summed E-state index contributed by atoms with van der Waals surface area (Å²) in [6.07, 6.45) is -4.51. The maximum absolute atomic E-state index is 12.7. The highest BCUT2D eigenvalue weighted by Gasteiger charge is 2.31. The van der Waals surface area contributed by atoms with E-state index in [4.69, 9.17) is 27.9 Å². The Labute approximate surface area is 184 Å². The average molecular weight is 469 g/mol. The Morgan fingerprint density at radius 2 is 1.55 bits per heavy atom. The van der Waals surface area contributed by atoms with Crippen molar-refractivity contribution >= 4 is 40.8 Å². The molecule has 0 aromatic heterocycles. The van der Waals surface area contributed by atoms with E-state index in [2.05, 4.69) is 10.6 Å².